The third kappa shape index (κ3) is 4.92. The van der Waals surface area contributed by atoms with E-state index in [0.717, 1.165) is 17.3 Å². The molecule has 1 aromatic carbocycles. The molecule has 0 fully saturated rings. The summed E-state index contributed by atoms with van der Waals surface area (Å²) in [6.45, 7) is 0.700. The molecule has 1 amide bonds. The molecule has 204 valence electrons. The Hall–Kier alpha value is -4.02. The molecule has 0 atom stereocenters. The number of fused-ring (bicyclic) bond motifs is 1. The smallest absolute Gasteiger partial charge is 0.479 e. The van der Waals surface area contributed by atoms with Crippen molar-refractivity contribution in [3.05, 3.63) is 53.0 Å². The number of alkyl halides is 3. The van der Waals surface area contributed by atoms with Gasteiger partial charge < -0.3 is 10.1 Å². The molecule has 0 spiro atoms. The van der Waals surface area contributed by atoms with Crippen LogP contribution >= 0.6 is 0 Å². The summed E-state index contributed by atoms with van der Waals surface area (Å²) in [5.41, 5.74) is -4.86. The van der Waals surface area contributed by atoms with Crippen molar-refractivity contribution in [2.45, 2.75) is 25.4 Å². The highest BCUT2D eigenvalue weighted by Crippen LogP contribution is 2.28. The summed E-state index contributed by atoms with van der Waals surface area (Å²) in [7, 11) is -4.35. The topological polar surface area (TPSA) is 121 Å². The van der Waals surface area contributed by atoms with Gasteiger partial charge in [-0.3, -0.25) is 14.2 Å². The lowest BCUT2D eigenvalue weighted by Gasteiger charge is -2.29. The number of halogens is 5. The number of hydrogen-bond donors (Lipinski definition) is 1. The molecule has 0 radical (unpaired) electrons. The number of methoxy groups -OCH3 is 1. The lowest BCUT2D eigenvalue weighted by atomic mass is 10.1. The molecule has 0 saturated heterocycles. The third-order valence-electron chi connectivity index (χ3n) is 5.55. The van der Waals surface area contributed by atoms with E-state index in [1.165, 1.54) is 23.6 Å². The van der Waals surface area contributed by atoms with Crippen LogP contribution in [0.1, 0.15) is 28.7 Å². The van der Waals surface area contributed by atoms with Crippen molar-refractivity contribution >= 4 is 33.7 Å². The minimum absolute atomic E-state index is 0.0352. The number of rotatable bonds is 7. The van der Waals surface area contributed by atoms with E-state index in [2.05, 4.69) is 20.4 Å². The van der Waals surface area contributed by atoms with Crippen LogP contribution in [0.4, 0.5) is 27.6 Å². The molecule has 3 aromatic rings. The van der Waals surface area contributed by atoms with E-state index >= 15 is 0 Å². The van der Waals surface area contributed by atoms with Crippen molar-refractivity contribution in [2.24, 2.45) is 5.10 Å². The number of sulfonamides is 1. The number of imidazole rings is 1. The second-order valence-electron chi connectivity index (χ2n) is 7.91. The molecule has 4 rings (SSSR count). The fraction of sp³-hybridized carbons (Fsp3) is 0.333. The third-order valence-corrected chi connectivity index (χ3v) is 7.03. The van der Waals surface area contributed by atoms with Crippen LogP contribution in [0.3, 0.4) is 0 Å². The zero-order valence-electron chi connectivity index (χ0n) is 19.8. The summed E-state index contributed by atoms with van der Waals surface area (Å²) in [6, 6.07) is 3.83. The van der Waals surface area contributed by atoms with Gasteiger partial charge in [0.2, 0.25) is 11.6 Å². The van der Waals surface area contributed by atoms with Crippen LogP contribution in [-0.2, 0) is 23.0 Å². The van der Waals surface area contributed by atoms with Gasteiger partial charge in [-0.05, 0) is 24.1 Å². The summed E-state index contributed by atoms with van der Waals surface area (Å²) < 4.78 is 96.1. The van der Waals surface area contributed by atoms with Crippen molar-refractivity contribution in [1.29, 1.82) is 0 Å². The number of nitrogens with one attached hydrogen (secondary N) is 1. The molecule has 1 aliphatic heterocycles. The number of aromatic nitrogens is 3. The van der Waals surface area contributed by atoms with Gasteiger partial charge in [0.05, 0.1) is 37.8 Å². The first-order valence-corrected chi connectivity index (χ1v) is 12.4. The average Bonchev–Trinajstić information content (AvgIpc) is 3.23. The zero-order chi connectivity index (χ0) is 27.8. The molecule has 11 nitrogen and oxygen atoms in total. The second-order valence-corrected chi connectivity index (χ2v) is 9.79. The van der Waals surface area contributed by atoms with Crippen LogP contribution in [0.2, 0.25) is 0 Å². The summed E-state index contributed by atoms with van der Waals surface area (Å²) >= 11 is 0. The lowest BCUT2D eigenvalue weighted by molar-refractivity contribution is -0.0471. The van der Waals surface area contributed by atoms with Crippen molar-refractivity contribution < 1.29 is 39.9 Å². The number of amides is 1. The number of anilines is 1. The minimum atomic E-state index is -5.59. The largest absolute Gasteiger partial charge is 0.516 e. The highest BCUT2D eigenvalue weighted by molar-refractivity contribution is 7.90. The molecule has 0 aliphatic carbocycles. The average molecular weight is 561 g/mol. The van der Waals surface area contributed by atoms with Crippen LogP contribution in [0.5, 0.6) is 5.88 Å². The van der Waals surface area contributed by atoms with Crippen molar-refractivity contribution in [2.75, 3.05) is 25.2 Å². The number of hydrazone groups is 1. The van der Waals surface area contributed by atoms with E-state index in [0.29, 0.717) is 24.0 Å². The van der Waals surface area contributed by atoms with Crippen LogP contribution in [-0.4, -0.2) is 65.0 Å². The molecule has 0 bridgehead atoms. The van der Waals surface area contributed by atoms with E-state index < -0.39 is 39.6 Å². The Morgan fingerprint density at radius 1 is 1.16 bits per heavy atom. The molecule has 1 aliphatic rings. The van der Waals surface area contributed by atoms with Crippen LogP contribution in [0, 0.1) is 11.6 Å². The van der Waals surface area contributed by atoms with Crippen molar-refractivity contribution in [3.63, 3.8) is 0 Å². The Bertz CT molecular complexity index is 1520. The maximum Gasteiger partial charge on any atom is 0.516 e. The molecular weight excluding hydrogens is 541 g/mol. The fourth-order valence-corrected chi connectivity index (χ4v) is 4.43. The van der Waals surface area contributed by atoms with Crippen LogP contribution in [0.25, 0.3) is 5.78 Å². The Morgan fingerprint density at radius 3 is 2.47 bits per heavy atom. The number of nitrogens with zero attached hydrogens (tertiary/aromatic N) is 6. The van der Waals surface area contributed by atoms with Gasteiger partial charge in [-0.15, -0.1) is 0 Å². The van der Waals surface area contributed by atoms with Gasteiger partial charge in [-0.2, -0.15) is 36.1 Å². The number of carbonyl (C=O) groups is 1. The number of aryl methyl sites for hydroxylation is 1. The number of hydrogen-bond acceptors (Lipinski definition) is 8. The number of benzene rings is 1. The Morgan fingerprint density at radius 2 is 1.89 bits per heavy atom. The summed E-state index contributed by atoms with van der Waals surface area (Å²) in [6.07, 6.45) is 1.84. The van der Waals surface area contributed by atoms with E-state index in [1.54, 1.807) is 6.92 Å². The monoisotopic (exact) mass is 561 g/mol. The predicted molar refractivity (Wildman–Crippen MR) is 124 cm³/mol. The molecule has 2 aromatic heterocycles. The van der Waals surface area contributed by atoms with Gasteiger partial charge in [0, 0.05) is 6.54 Å². The highest BCUT2D eigenvalue weighted by atomic mass is 32.2. The Labute approximate surface area is 212 Å². The molecule has 0 saturated carbocycles. The molecular formula is C21H20F5N7O4S. The first-order chi connectivity index (χ1) is 17.9. The quantitative estimate of drug-likeness (QED) is 0.440. The van der Waals surface area contributed by atoms with Gasteiger partial charge >= 0.3 is 15.5 Å². The Balaban J connectivity index is 1.48. The van der Waals surface area contributed by atoms with Crippen molar-refractivity contribution in [1.82, 2.24) is 24.0 Å². The SMILES string of the molecule is CCc1nc2nc(OC)c(F)cn2c1C(=O)NCc1ccc(N2CCN(S(=O)(=O)C(F)(F)F)C=N2)c(F)c1. The van der Waals surface area contributed by atoms with Gasteiger partial charge in [0.15, 0.2) is 0 Å². The van der Waals surface area contributed by atoms with Crippen molar-refractivity contribution in [3.8, 4) is 5.88 Å². The standard InChI is InChI=1S/C21H20F5N7O4S/c1-3-15-17(32-10-14(23)19(37-2)30-20(32)29-15)18(34)27-9-12-4-5-16(13(22)8-12)33-7-6-31(11-28-33)38(35,36)21(24,25)26/h4-5,8,10-11H,3,6-7,9H2,1-2H3,(H,27,34). The summed E-state index contributed by atoms with van der Waals surface area (Å²) in [4.78, 5) is 21.1. The molecule has 17 heteroatoms. The number of ether oxygens (including phenoxy) is 1. The highest BCUT2D eigenvalue weighted by Gasteiger charge is 2.50. The van der Waals surface area contributed by atoms with Gasteiger partial charge in [-0.25, -0.2) is 13.7 Å². The van der Waals surface area contributed by atoms with E-state index in [9.17, 15) is 35.2 Å². The van der Waals surface area contributed by atoms with Crippen LogP contribution < -0.4 is 15.1 Å². The van der Waals surface area contributed by atoms with Gasteiger partial charge in [-0.1, -0.05) is 13.0 Å². The lowest BCUT2D eigenvalue weighted by Crippen LogP contribution is -2.46. The molecule has 0 unspecified atom stereocenters. The molecule has 3 heterocycles. The maximum absolute atomic E-state index is 14.8. The summed E-state index contributed by atoms with van der Waals surface area (Å²) in [5, 5.41) is 7.24. The fourth-order valence-electron chi connectivity index (χ4n) is 3.67. The Kier molecular flexibility index (Phi) is 7.14. The first-order valence-electron chi connectivity index (χ1n) is 10.9. The molecule has 1 N–H and O–H groups in total. The second kappa shape index (κ2) is 10.0. The normalized spacial score (nSPS) is 14.3. The van der Waals surface area contributed by atoms with Gasteiger partial charge in [0.1, 0.15) is 17.8 Å². The van der Waals surface area contributed by atoms with Crippen LogP contribution in [0.15, 0.2) is 29.5 Å². The van der Waals surface area contributed by atoms with E-state index in [4.69, 9.17) is 4.74 Å². The van der Waals surface area contributed by atoms with Gasteiger partial charge in [0.25, 0.3) is 11.8 Å². The minimum Gasteiger partial charge on any atom is -0.479 e. The number of carbonyl (C=O) groups excluding carboxylic acids is 1. The predicted octanol–water partition coefficient (Wildman–Crippen LogP) is 2.42. The zero-order valence-corrected chi connectivity index (χ0v) is 20.6. The molecule has 38 heavy (non-hydrogen) atoms. The van der Waals surface area contributed by atoms with E-state index in [-0.39, 0.29) is 40.4 Å². The first kappa shape index (κ1) is 27.0. The summed E-state index contributed by atoms with van der Waals surface area (Å²) in [5.74, 6) is -2.43. The maximum atomic E-state index is 14.8. The van der Waals surface area contributed by atoms with E-state index in [1.807, 2.05) is 0 Å².